The van der Waals surface area contributed by atoms with Crippen molar-refractivity contribution in [3.8, 4) is 11.1 Å². The van der Waals surface area contributed by atoms with Gasteiger partial charge in [-0.05, 0) is 41.7 Å². The fourth-order valence-corrected chi connectivity index (χ4v) is 1.92. The van der Waals surface area contributed by atoms with Gasteiger partial charge >= 0.3 is 0 Å². The zero-order valence-corrected chi connectivity index (χ0v) is 10.4. The van der Waals surface area contributed by atoms with Crippen molar-refractivity contribution in [1.29, 1.82) is 0 Å². The highest BCUT2D eigenvalue weighted by atomic mass is 19.2. The second-order valence-corrected chi connectivity index (χ2v) is 4.43. The lowest BCUT2D eigenvalue weighted by atomic mass is 10.0. The molecule has 0 aliphatic carbocycles. The molecule has 0 heterocycles. The molecule has 0 aliphatic rings. The molecule has 2 aromatic carbocycles. The molecule has 2 aromatic rings. The normalized spacial score (nSPS) is 10.6. The maximum absolute atomic E-state index is 13.1. The van der Waals surface area contributed by atoms with E-state index in [1.54, 1.807) is 6.07 Å². The first-order chi connectivity index (χ1) is 8.70. The van der Waals surface area contributed by atoms with Crippen LogP contribution in [0.3, 0.4) is 0 Å². The summed E-state index contributed by atoms with van der Waals surface area (Å²) >= 11 is 0. The van der Waals surface area contributed by atoms with Gasteiger partial charge in [0.25, 0.3) is 0 Å². The van der Waals surface area contributed by atoms with Gasteiger partial charge < -0.3 is 0 Å². The quantitative estimate of drug-likeness (QED) is 0.714. The molecule has 0 saturated heterocycles. The van der Waals surface area contributed by atoms with E-state index < -0.39 is 11.6 Å². The molecule has 18 heavy (non-hydrogen) atoms. The molecule has 0 nitrogen and oxygen atoms in total. The number of hydrogen-bond acceptors (Lipinski definition) is 0. The van der Waals surface area contributed by atoms with Gasteiger partial charge in [0.1, 0.15) is 0 Å². The molecule has 0 fully saturated rings. The van der Waals surface area contributed by atoms with Crippen LogP contribution in [0, 0.1) is 11.6 Å². The maximum atomic E-state index is 13.1. The second kappa shape index (κ2) is 5.76. The summed E-state index contributed by atoms with van der Waals surface area (Å²) in [7, 11) is 0. The summed E-state index contributed by atoms with van der Waals surface area (Å²) in [6.07, 6.45) is 3.41. The van der Waals surface area contributed by atoms with Gasteiger partial charge in [-0.15, -0.1) is 0 Å². The highest BCUT2D eigenvalue weighted by molar-refractivity contribution is 5.63. The molecule has 94 valence electrons. The number of aryl methyl sites for hydroxylation is 1. The molecule has 0 radical (unpaired) electrons. The fraction of sp³-hybridized carbons (Fsp3) is 0.250. The molecule has 0 aliphatic heterocycles. The first-order valence-electron chi connectivity index (χ1n) is 6.25. The number of rotatable bonds is 4. The van der Waals surface area contributed by atoms with Crippen LogP contribution >= 0.6 is 0 Å². The van der Waals surface area contributed by atoms with Gasteiger partial charge in [0.2, 0.25) is 0 Å². The molecule has 0 aromatic heterocycles. The van der Waals surface area contributed by atoms with Crippen LogP contribution in [-0.2, 0) is 6.42 Å². The Hall–Kier alpha value is -1.70. The Morgan fingerprint density at radius 3 is 2.11 bits per heavy atom. The van der Waals surface area contributed by atoms with Gasteiger partial charge in [0, 0.05) is 0 Å². The van der Waals surface area contributed by atoms with Crippen LogP contribution in [-0.4, -0.2) is 0 Å². The Bertz CT molecular complexity index is 515. The first kappa shape index (κ1) is 12.7. The molecule has 2 rings (SSSR count). The fourth-order valence-electron chi connectivity index (χ4n) is 1.92. The maximum Gasteiger partial charge on any atom is 0.159 e. The Balaban J connectivity index is 2.20. The van der Waals surface area contributed by atoms with Crippen molar-refractivity contribution in [2.75, 3.05) is 0 Å². The molecule has 2 heteroatoms. The third-order valence-corrected chi connectivity index (χ3v) is 3.03. The predicted octanol–water partition coefficient (Wildman–Crippen LogP) is 4.97. The van der Waals surface area contributed by atoms with E-state index >= 15 is 0 Å². The summed E-state index contributed by atoms with van der Waals surface area (Å²) in [5.41, 5.74) is 2.90. The molecule has 0 unspecified atom stereocenters. The van der Waals surface area contributed by atoms with Gasteiger partial charge in [0.05, 0.1) is 0 Å². The summed E-state index contributed by atoms with van der Waals surface area (Å²) in [6, 6.07) is 12.0. The van der Waals surface area contributed by atoms with E-state index in [2.05, 4.69) is 6.92 Å². The lowest BCUT2D eigenvalue weighted by molar-refractivity contribution is 0.509. The molecule has 0 bridgehead atoms. The van der Waals surface area contributed by atoms with E-state index in [0.29, 0.717) is 5.56 Å². The van der Waals surface area contributed by atoms with Crippen LogP contribution in [0.2, 0.25) is 0 Å². The van der Waals surface area contributed by atoms with Crippen molar-refractivity contribution in [3.05, 3.63) is 59.7 Å². The molecular formula is C16H16F2. The van der Waals surface area contributed by atoms with Crippen LogP contribution in [0.25, 0.3) is 11.1 Å². The predicted molar refractivity (Wildman–Crippen MR) is 70.4 cm³/mol. The Morgan fingerprint density at radius 2 is 1.50 bits per heavy atom. The van der Waals surface area contributed by atoms with Gasteiger partial charge in [-0.1, -0.05) is 43.7 Å². The summed E-state index contributed by atoms with van der Waals surface area (Å²) < 4.78 is 26.0. The van der Waals surface area contributed by atoms with E-state index in [-0.39, 0.29) is 0 Å². The van der Waals surface area contributed by atoms with E-state index in [1.807, 2.05) is 24.3 Å². The average molecular weight is 246 g/mol. The van der Waals surface area contributed by atoms with Crippen molar-refractivity contribution in [2.45, 2.75) is 26.2 Å². The largest absolute Gasteiger partial charge is 0.204 e. The van der Waals surface area contributed by atoms with Gasteiger partial charge in [-0.3, -0.25) is 0 Å². The van der Waals surface area contributed by atoms with E-state index in [0.717, 1.165) is 18.1 Å². The Labute approximate surface area is 106 Å². The Kier molecular flexibility index (Phi) is 4.08. The summed E-state index contributed by atoms with van der Waals surface area (Å²) in [6.45, 7) is 2.16. The highest BCUT2D eigenvalue weighted by Gasteiger charge is 2.04. The van der Waals surface area contributed by atoms with Crippen molar-refractivity contribution >= 4 is 0 Å². The number of benzene rings is 2. The molecule has 0 N–H and O–H groups in total. The first-order valence-corrected chi connectivity index (χ1v) is 6.25. The smallest absolute Gasteiger partial charge is 0.159 e. The summed E-state index contributed by atoms with van der Waals surface area (Å²) in [5, 5.41) is 0. The summed E-state index contributed by atoms with van der Waals surface area (Å²) in [5.74, 6) is -1.61. The minimum atomic E-state index is -0.807. The minimum absolute atomic E-state index is 0.705. The molecular weight excluding hydrogens is 230 g/mol. The third-order valence-electron chi connectivity index (χ3n) is 3.03. The van der Waals surface area contributed by atoms with Crippen LogP contribution in [0.1, 0.15) is 25.3 Å². The zero-order valence-electron chi connectivity index (χ0n) is 10.4. The Morgan fingerprint density at radius 1 is 0.833 bits per heavy atom. The van der Waals surface area contributed by atoms with E-state index in [4.69, 9.17) is 0 Å². The van der Waals surface area contributed by atoms with Gasteiger partial charge in [-0.2, -0.15) is 0 Å². The molecule has 0 atom stereocenters. The summed E-state index contributed by atoms with van der Waals surface area (Å²) in [4.78, 5) is 0. The molecule has 0 amide bonds. The van der Waals surface area contributed by atoms with Crippen LogP contribution in [0.4, 0.5) is 8.78 Å². The van der Waals surface area contributed by atoms with Gasteiger partial charge in [0.15, 0.2) is 11.6 Å². The average Bonchev–Trinajstić information content (AvgIpc) is 2.40. The second-order valence-electron chi connectivity index (χ2n) is 4.43. The topological polar surface area (TPSA) is 0 Å². The van der Waals surface area contributed by atoms with Crippen molar-refractivity contribution in [3.63, 3.8) is 0 Å². The van der Waals surface area contributed by atoms with Crippen molar-refractivity contribution in [1.82, 2.24) is 0 Å². The van der Waals surface area contributed by atoms with E-state index in [1.165, 1.54) is 24.5 Å². The third kappa shape index (κ3) is 2.95. The van der Waals surface area contributed by atoms with Crippen molar-refractivity contribution in [2.24, 2.45) is 0 Å². The lowest BCUT2D eigenvalue weighted by Gasteiger charge is -2.05. The van der Waals surface area contributed by atoms with Crippen molar-refractivity contribution < 1.29 is 8.78 Å². The van der Waals surface area contributed by atoms with E-state index in [9.17, 15) is 8.78 Å². The standard InChI is InChI=1S/C16H16F2/c1-2-3-4-12-5-7-13(8-6-12)14-9-10-15(17)16(18)11-14/h5-11H,2-4H2,1H3. The molecule has 0 saturated carbocycles. The van der Waals surface area contributed by atoms with Crippen LogP contribution < -0.4 is 0 Å². The number of hydrogen-bond donors (Lipinski definition) is 0. The van der Waals surface area contributed by atoms with Gasteiger partial charge in [-0.25, -0.2) is 8.78 Å². The minimum Gasteiger partial charge on any atom is -0.204 e. The van der Waals surface area contributed by atoms with Crippen LogP contribution in [0.15, 0.2) is 42.5 Å². The lowest BCUT2D eigenvalue weighted by Crippen LogP contribution is -1.87. The molecule has 0 spiro atoms. The highest BCUT2D eigenvalue weighted by Crippen LogP contribution is 2.22. The monoisotopic (exact) mass is 246 g/mol. The van der Waals surface area contributed by atoms with Crippen LogP contribution in [0.5, 0.6) is 0 Å². The SMILES string of the molecule is CCCCc1ccc(-c2ccc(F)c(F)c2)cc1. The zero-order chi connectivity index (χ0) is 13.0. The number of unbranched alkanes of at least 4 members (excludes halogenated alkanes) is 1. The number of halogens is 2.